The second-order valence-electron chi connectivity index (χ2n) is 7.15. The van der Waals surface area contributed by atoms with Crippen LogP contribution < -0.4 is 4.90 Å². The molecule has 0 fully saturated rings. The Hall–Kier alpha value is -2.96. The highest BCUT2D eigenvalue weighted by molar-refractivity contribution is 5.96. The number of hydrogen-bond donors (Lipinski definition) is 0. The monoisotopic (exact) mass is 381 g/mol. The third-order valence-electron chi connectivity index (χ3n) is 4.98. The number of aromatic nitrogens is 2. The first-order valence-corrected chi connectivity index (χ1v) is 9.65. The van der Waals surface area contributed by atoms with Crippen LogP contribution in [0.4, 0.5) is 5.82 Å². The molecule has 7 heteroatoms. The maximum absolute atomic E-state index is 12.9. The predicted octanol–water partition coefficient (Wildman–Crippen LogP) is 1.85. The van der Waals surface area contributed by atoms with E-state index in [1.54, 1.807) is 41.4 Å². The summed E-state index contributed by atoms with van der Waals surface area (Å²) in [5, 5.41) is 0. The number of aryl methyl sites for hydroxylation is 1. The smallest absolute Gasteiger partial charge is 0.255 e. The lowest BCUT2D eigenvalue weighted by molar-refractivity contribution is -0.130. The third-order valence-corrected chi connectivity index (χ3v) is 4.98. The SMILES string of the molecule is CN1CCCN(C)c2cccc(n2)CCCN(C(=O)c2cccnc2)CC1=O. The summed E-state index contributed by atoms with van der Waals surface area (Å²) < 4.78 is 0. The number of nitrogens with zero attached hydrogens (tertiary/aromatic N) is 5. The van der Waals surface area contributed by atoms with Crippen molar-refractivity contribution in [3.05, 3.63) is 54.0 Å². The summed E-state index contributed by atoms with van der Waals surface area (Å²) >= 11 is 0. The van der Waals surface area contributed by atoms with Crippen LogP contribution in [-0.4, -0.2) is 71.9 Å². The quantitative estimate of drug-likeness (QED) is 0.754. The zero-order valence-corrected chi connectivity index (χ0v) is 16.5. The zero-order valence-electron chi connectivity index (χ0n) is 16.5. The maximum atomic E-state index is 12.9. The summed E-state index contributed by atoms with van der Waals surface area (Å²) in [6.45, 7) is 2.02. The Morgan fingerprint density at radius 2 is 1.82 bits per heavy atom. The van der Waals surface area contributed by atoms with Crippen molar-refractivity contribution in [2.24, 2.45) is 0 Å². The summed E-state index contributed by atoms with van der Waals surface area (Å²) in [4.78, 5) is 39.8. The molecule has 0 aliphatic carbocycles. The highest BCUT2D eigenvalue weighted by atomic mass is 16.2. The van der Waals surface area contributed by atoms with Gasteiger partial charge in [-0.15, -0.1) is 0 Å². The molecule has 2 aromatic rings. The lowest BCUT2D eigenvalue weighted by Crippen LogP contribution is -2.42. The molecule has 0 unspecified atom stereocenters. The van der Waals surface area contributed by atoms with Crippen molar-refractivity contribution in [3.63, 3.8) is 0 Å². The molecule has 1 aliphatic heterocycles. The average Bonchev–Trinajstić information content (AvgIpc) is 2.72. The van der Waals surface area contributed by atoms with E-state index in [4.69, 9.17) is 4.98 Å². The molecule has 2 bridgehead atoms. The number of fused-ring (bicyclic) bond motifs is 2. The molecule has 28 heavy (non-hydrogen) atoms. The van der Waals surface area contributed by atoms with Gasteiger partial charge in [0.2, 0.25) is 5.91 Å². The van der Waals surface area contributed by atoms with Crippen LogP contribution in [0.2, 0.25) is 0 Å². The Kier molecular flexibility index (Phi) is 6.57. The Labute approximate surface area is 166 Å². The fourth-order valence-corrected chi connectivity index (χ4v) is 3.26. The molecule has 0 N–H and O–H groups in total. The van der Waals surface area contributed by atoms with Gasteiger partial charge in [0.1, 0.15) is 12.4 Å². The van der Waals surface area contributed by atoms with E-state index in [2.05, 4.69) is 9.88 Å². The van der Waals surface area contributed by atoms with Gasteiger partial charge in [-0.2, -0.15) is 0 Å². The fraction of sp³-hybridized carbons (Fsp3) is 0.429. The van der Waals surface area contributed by atoms with Crippen LogP contribution >= 0.6 is 0 Å². The molecule has 0 spiro atoms. The Bertz CT molecular complexity index is 811. The number of anilines is 1. The van der Waals surface area contributed by atoms with Gasteiger partial charge < -0.3 is 14.7 Å². The molecule has 1 aliphatic rings. The summed E-state index contributed by atoms with van der Waals surface area (Å²) in [5.41, 5.74) is 1.50. The topological polar surface area (TPSA) is 69.6 Å². The highest BCUT2D eigenvalue weighted by Crippen LogP contribution is 2.13. The van der Waals surface area contributed by atoms with Crippen LogP contribution in [0.1, 0.15) is 28.9 Å². The van der Waals surface area contributed by atoms with Gasteiger partial charge in [0.05, 0.1) is 5.56 Å². The minimum absolute atomic E-state index is 0.0476. The molecule has 3 heterocycles. The molecule has 0 aromatic carbocycles. The van der Waals surface area contributed by atoms with Gasteiger partial charge in [-0.05, 0) is 43.5 Å². The van der Waals surface area contributed by atoms with Crippen LogP contribution in [-0.2, 0) is 11.2 Å². The molecule has 0 radical (unpaired) electrons. The normalized spacial score (nSPS) is 16.6. The van der Waals surface area contributed by atoms with E-state index in [1.165, 1.54) is 0 Å². The van der Waals surface area contributed by atoms with E-state index in [9.17, 15) is 9.59 Å². The van der Waals surface area contributed by atoms with Gasteiger partial charge in [-0.3, -0.25) is 14.6 Å². The lowest BCUT2D eigenvalue weighted by Gasteiger charge is -2.27. The molecule has 3 rings (SSSR count). The van der Waals surface area contributed by atoms with Crippen LogP contribution in [0.3, 0.4) is 0 Å². The van der Waals surface area contributed by atoms with E-state index in [0.29, 0.717) is 18.7 Å². The lowest BCUT2D eigenvalue weighted by atomic mass is 10.2. The number of hydrogen-bond acceptors (Lipinski definition) is 5. The van der Waals surface area contributed by atoms with Gasteiger partial charge in [-0.1, -0.05) is 6.07 Å². The number of likely N-dealkylation sites (N-methyl/N-ethyl adjacent to an activating group) is 1. The van der Waals surface area contributed by atoms with E-state index in [-0.39, 0.29) is 18.4 Å². The molecular weight excluding hydrogens is 354 g/mol. The summed E-state index contributed by atoms with van der Waals surface area (Å²) in [6, 6.07) is 9.50. The van der Waals surface area contributed by atoms with Gasteiger partial charge in [0, 0.05) is 51.8 Å². The molecule has 2 aromatic heterocycles. The minimum atomic E-state index is -0.164. The standard InChI is InChI=1S/C21H27N5O2/c1-24-12-6-13-25(2)20(27)16-26(21(28)17-7-4-11-22-15-17)14-5-9-18-8-3-10-19(24)23-18/h3-4,7-8,10-11,15H,5-6,9,12-14,16H2,1-2H3. The van der Waals surface area contributed by atoms with Gasteiger partial charge >= 0.3 is 0 Å². The number of carbonyl (C=O) groups is 2. The fourth-order valence-electron chi connectivity index (χ4n) is 3.26. The van der Waals surface area contributed by atoms with E-state index >= 15 is 0 Å². The van der Waals surface area contributed by atoms with Gasteiger partial charge in [-0.25, -0.2) is 4.98 Å². The van der Waals surface area contributed by atoms with Crippen molar-refractivity contribution in [3.8, 4) is 0 Å². The highest BCUT2D eigenvalue weighted by Gasteiger charge is 2.21. The van der Waals surface area contributed by atoms with Crippen molar-refractivity contribution < 1.29 is 9.59 Å². The molecule has 7 nitrogen and oxygen atoms in total. The number of pyridine rings is 2. The van der Waals surface area contributed by atoms with Crippen LogP contribution in [0.15, 0.2) is 42.7 Å². The maximum Gasteiger partial charge on any atom is 0.255 e. The first-order chi connectivity index (χ1) is 13.5. The van der Waals surface area contributed by atoms with Crippen LogP contribution in [0.25, 0.3) is 0 Å². The first kappa shape index (κ1) is 19.8. The van der Waals surface area contributed by atoms with Crippen molar-refractivity contribution in [1.29, 1.82) is 0 Å². The van der Waals surface area contributed by atoms with Crippen molar-refractivity contribution in [1.82, 2.24) is 19.8 Å². The largest absolute Gasteiger partial charge is 0.360 e. The van der Waals surface area contributed by atoms with Crippen LogP contribution in [0.5, 0.6) is 0 Å². The van der Waals surface area contributed by atoms with Crippen LogP contribution in [0, 0.1) is 0 Å². The van der Waals surface area contributed by atoms with Crippen molar-refractivity contribution in [2.45, 2.75) is 19.3 Å². The zero-order chi connectivity index (χ0) is 19.9. The molecule has 0 atom stereocenters. The van der Waals surface area contributed by atoms with E-state index < -0.39 is 0 Å². The Morgan fingerprint density at radius 3 is 2.61 bits per heavy atom. The Morgan fingerprint density at radius 1 is 1.00 bits per heavy atom. The van der Waals surface area contributed by atoms with Crippen molar-refractivity contribution in [2.75, 3.05) is 45.2 Å². The van der Waals surface area contributed by atoms with E-state index in [0.717, 1.165) is 37.3 Å². The third kappa shape index (κ3) is 5.06. The summed E-state index contributed by atoms with van der Waals surface area (Å²) in [6.07, 6.45) is 5.50. The summed E-state index contributed by atoms with van der Waals surface area (Å²) in [7, 11) is 3.81. The Balaban J connectivity index is 1.80. The minimum Gasteiger partial charge on any atom is -0.360 e. The second-order valence-corrected chi connectivity index (χ2v) is 7.15. The summed E-state index contributed by atoms with van der Waals surface area (Å²) in [5.74, 6) is 0.726. The molecule has 148 valence electrons. The second kappa shape index (κ2) is 9.30. The number of carbonyl (C=O) groups excluding carboxylic acids is 2. The average molecular weight is 381 g/mol. The predicted molar refractivity (Wildman–Crippen MR) is 108 cm³/mol. The van der Waals surface area contributed by atoms with Gasteiger partial charge in [0.15, 0.2) is 0 Å². The van der Waals surface area contributed by atoms with Crippen molar-refractivity contribution >= 4 is 17.6 Å². The molecule has 0 saturated heterocycles. The first-order valence-electron chi connectivity index (χ1n) is 9.65. The number of rotatable bonds is 1. The van der Waals surface area contributed by atoms with Gasteiger partial charge in [0.25, 0.3) is 5.91 Å². The molecule has 2 amide bonds. The molecule has 0 saturated carbocycles. The van der Waals surface area contributed by atoms with E-state index in [1.807, 2.05) is 25.2 Å². The number of amides is 2. The molecular formula is C21H27N5O2.